The Morgan fingerprint density at radius 1 is 0.784 bits per heavy atom. The van der Waals surface area contributed by atoms with Gasteiger partial charge in [0.1, 0.15) is 18.3 Å². The van der Waals surface area contributed by atoms with Gasteiger partial charge in [0.15, 0.2) is 0 Å². The normalized spacial score (nSPS) is 20.5. The topological polar surface area (TPSA) is 227 Å². The number of aliphatic hydroxyl groups is 1. The number of piperidine rings is 1. The predicted molar refractivity (Wildman–Crippen MR) is 283 cm³/mol. The van der Waals surface area contributed by atoms with Gasteiger partial charge in [-0.1, -0.05) is 110 Å². The lowest BCUT2D eigenvalue weighted by Gasteiger charge is -2.41. The van der Waals surface area contributed by atoms with Crippen LogP contribution in [0.3, 0.4) is 0 Å². The zero-order valence-electron chi connectivity index (χ0n) is 46.2. The largest absolute Gasteiger partial charge is 0.480 e. The van der Waals surface area contributed by atoms with Crippen LogP contribution in [0.1, 0.15) is 149 Å². The number of amides is 6. The highest BCUT2D eigenvalue weighted by Crippen LogP contribution is 2.30. The minimum absolute atomic E-state index is 0.0356. The van der Waals surface area contributed by atoms with Crippen molar-refractivity contribution in [1.29, 1.82) is 0 Å². The second-order valence-corrected chi connectivity index (χ2v) is 21.7. The maximum Gasteiger partial charge on any atom is 0.326 e. The molecule has 418 valence electrons. The number of carboxylic acid groups (broad SMARTS) is 1. The van der Waals surface area contributed by atoms with E-state index in [-0.39, 0.29) is 79.7 Å². The molecule has 1 aromatic carbocycles. The highest BCUT2D eigenvalue weighted by Gasteiger charge is 2.43. The Labute approximate surface area is 441 Å². The van der Waals surface area contributed by atoms with Crippen molar-refractivity contribution < 1.29 is 53.2 Å². The van der Waals surface area contributed by atoms with Gasteiger partial charge in [-0.05, 0) is 69.4 Å². The number of rotatable bonds is 27. The molecule has 1 saturated carbocycles. The van der Waals surface area contributed by atoms with Crippen molar-refractivity contribution in [3.8, 4) is 0 Å². The first-order valence-electron chi connectivity index (χ1n) is 27.8. The molecule has 9 unspecified atom stereocenters. The van der Waals surface area contributed by atoms with Crippen molar-refractivity contribution in [2.24, 2.45) is 23.7 Å². The third-order valence-electron chi connectivity index (χ3n) is 16.2. The number of benzene rings is 1. The molecule has 3 fully saturated rings. The van der Waals surface area contributed by atoms with E-state index in [0.29, 0.717) is 58.2 Å². The summed E-state index contributed by atoms with van der Waals surface area (Å²) in [7, 11) is 6.32. The van der Waals surface area contributed by atoms with Crippen LogP contribution in [0.25, 0.3) is 0 Å². The number of aliphatic hydroxyl groups excluding tert-OH is 1. The van der Waals surface area contributed by atoms with Gasteiger partial charge in [0.25, 0.3) is 0 Å². The van der Waals surface area contributed by atoms with Crippen molar-refractivity contribution in [2.45, 2.75) is 199 Å². The Bertz CT molecular complexity index is 1920. The fraction of sp³-hybridized carbons (Fsp3) is 0.768. The number of aliphatic carboxylic acids is 1. The first kappa shape index (κ1) is 61.9. The summed E-state index contributed by atoms with van der Waals surface area (Å²) in [4.78, 5) is 100. The van der Waals surface area contributed by atoms with E-state index in [4.69, 9.17) is 9.47 Å². The lowest BCUT2D eigenvalue weighted by Crippen LogP contribution is -2.57. The van der Waals surface area contributed by atoms with E-state index in [1.807, 2.05) is 45.9 Å². The molecule has 2 heterocycles. The molecule has 1 aliphatic carbocycles. The molecule has 3 aliphatic rings. The molecule has 18 nitrogen and oxygen atoms in total. The minimum atomic E-state index is -1.19. The van der Waals surface area contributed by atoms with E-state index < -0.39 is 66.3 Å². The number of hydrogen-bond donors (Lipinski definition) is 5. The summed E-state index contributed by atoms with van der Waals surface area (Å²) in [6.07, 6.45) is 10.7. The van der Waals surface area contributed by atoms with E-state index in [9.17, 15) is 43.8 Å². The Morgan fingerprint density at radius 2 is 1.42 bits per heavy atom. The number of nitrogens with one attached hydrogen (secondary N) is 3. The van der Waals surface area contributed by atoms with Crippen LogP contribution in [0, 0.1) is 23.7 Å². The van der Waals surface area contributed by atoms with Crippen LogP contribution in [0.15, 0.2) is 30.3 Å². The highest BCUT2D eigenvalue weighted by atomic mass is 16.5. The maximum atomic E-state index is 14.3. The van der Waals surface area contributed by atoms with Crippen molar-refractivity contribution in [2.75, 3.05) is 54.5 Å². The van der Waals surface area contributed by atoms with Crippen molar-refractivity contribution >= 4 is 41.4 Å². The van der Waals surface area contributed by atoms with Gasteiger partial charge in [-0.15, -0.1) is 0 Å². The highest BCUT2D eigenvalue weighted by molar-refractivity contribution is 5.88. The molecule has 0 bridgehead atoms. The number of carboxylic acids is 1. The average Bonchev–Trinajstić information content (AvgIpc) is 3.92. The monoisotopic (exact) mass is 1040 g/mol. The summed E-state index contributed by atoms with van der Waals surface area (Å²) in [6.45, 7) is 10.7. The van der Waals surface area contributed by atoms with E-state index >= 15 is 0 Å². The second kappa shape index (κ2) is 31.4. The number of hydrogen-bond acceptors (Lipinski definition) is 11. The third-order valence-corrected chi connectivity index (χ3v) is 16.2. The number of likely N-dealkylation sites (tertiary alicyclic amines) is 2. The van der Waals surface area contributed by atoms with Crippen LogP contribution >= 0.6 is 0 Å². The van der Waals surface area contributed by atoms with Crippen LogP contribution in [-0.4, -0.2) is 174 Å². The lowest BCUT2D eigenvalue weighted by atomic mass is 9.90. The summed E-state index contributed by atoms with van der Waals surface area (Å²) < 4.78 is 11.9. The average molecular weight is 1040 g/mol. The Balaban J connectivity index is 1.27. The van der Waals surface area contributed by atoms with Gasteiger partial charge in [-0.3, -0.25) is 33.7 Å². The van der Waals surface area contributed by atoms with Crippen LogP contribution < -0.4 is 16.0 Å². The molecule has 9 atom stereocenters. The number of nitrogens with zero attached hydrogens (tertiary/aromatic N) is 4. The summed E-state index contributed by atoms with van der Waals surface area (Å²) in [6, 6.07) is 6.39. The van der Waals surface area contributed by atoms with Gasteiger partial charge < -0.3 is 50.3 Å². The number of ether oxygens (including phenoxy) is 2. The van der Waals surface area contributed by atoms with Crippen LogP contribution in [0.4, 0.5) is 0 Å². The molecule has 18 heteroatoms. The summed E-state index contributed by atoms with van der Waals surface area (Å²) >= 11 is 0. The summed E-state index contributed by atoms with van der Waals surface area (Å²) in [5, 5.41) is 30.4. The van der Waals surface area contributed by atoms with E-state index in [0.717, 1.165) is 31.2 Å². The molecule has 4 rings (SSSR count). The zero-order chi connectivity index (χ0) is 54.5. The van der Waals surface area contributed by atoms with Gasteiger partial charge in [-0.25, -0.2) is 4.79 Å². The number of likely N-dealkylation sites (N-methyl/N-ethyl adjacent to an activating group) is 2. The molecule has 2 saturated heterocycles. The lowest BCUT2D eigenvalue weighted by molar-refractivity contribution is -0.146. The second-order valence-electron chi connectivity index (χ2n) is 21.7. The first-order chi connectivity index (χ1) is 35.3. The molecule has 74 heavy (non-hydrogen) atoms. The number of carbonyl (C=O) groups is 7. The van der Waals surface area contributed by atoms with Gasteiger partial charge in [0.2, 0.25) is 35.4 Å². The van der Waals surface area contributed by atoms with Crippen molar-refractivity contribution in [3.63, 3.8) is 0 Å². The summed E-state index contributed by atoms with van der Waals surface area (Å²) in [5.41, 5.74) is 0.769. The molecular weight excluding hydrogens is 947 g/mol. The molecule has 2 aliphatic heterocycles. The van der Waals surface area contributed by atoms with Gasteiger partial charge >= 0.3 is 5.97 Å². The summed E-state index contributed by atoms with van der Waals surface area (Å²) in [5.74, 6) is -3.69. The maximum absolute atomic E-state index is 14.3. The number of methoxy groups -OCH3 is 2. The Kier molecular flexibility index (Phi) is 26.3. The smallest absolute Gasteiger partial charge is 0.326 e. The van der Waals surface area contributed by atoms with Crippen LogP contribution in [-0.2, 0) is 49.5 Å². The molecule has 0 aromatic heterocycles. The van der Waals surface area contributed by atoms with Crippen LogP contribution in [0.2, 0.25) is 0 Å². The van der Waals surface area contributed by atoms with Gasteiger partial charge in [0.05, 0.1) is 37.1 Å². The van der Waals surface area contributed by atoms with E-state index in [1.165, 1.54) is 44.8 Å². The van der Waals surface area contributed by atoms with Crippen LogP contribution in [0.5, 0.6) is 0 Å². The zero-order valence-corrected chi connectivity index (χ0v) is 46.2. The standard InChI is InChI=1S/C56H93N7O11/c1-10-38(4)51(45(73-8)35-48(66)63-31-21-26-44(63)52(74-9)39(5)53(68)59-43(56(71)72)34-40-22-16-15-17-23-40)61(7)49(67)36-57-55(70)50(37(2)3)60(6)46(64)27-20-28-47(65)62-32-29-41(30-33-62)54(69)58-42-24-18-13-11-12-14-19-25-42/h15-17,22-23,37-39,41-45,49-52,67H,10-14,18-21,24-36H2,1-9H3,(H,57,70)(H,58,69)(H,59,68)(H,71,72). The van der Waals surface area contributed by atoms with Crippen molar-refractivity contribution in [3.05, 3.63) is 35.9 Å². The quantitative estimate of drug-likeness (QED) is 0.0723. The first-order valence-corrected chi connectivity index (χ1v) is 27.8. The minimum Gasteiger partial charge on any atom is -0.480 e. The predicted octanol–water partition coefficient (Wildman–Crippen LogP) is 5.14. The molecule has 0 radical (unpaired) electrons. The molecule has 5 N–H and O–H groups in total. The molecule has 1 aromatic rings. The Morgan fingerprint density at radius 3 is 2.00 bits per heavy atom. The van der Waals surface area contributed by atoms with Gasteiger partial charge in [-0.2, -0.15) is 0 Å². The van der Waals surface area contributed by atoms with E-state index in [1.54, 1.807) is 47.9 Å². The fourth-order valence-corrected chi connectivity index (χ4v) is 11.5. The molecule has 6 amide bonds. The Hall–Kier alpha value is -4.65. The van der Waals surface area contributed by atoms with E-state index in [2.05, 4.69) is 16.0 Å². The number of carbonyl (C=O) groups excluding carboxylic acids is 6. The van der Waals surface area contributed by atoms with Gasteiger partial charge in [0, 0.05) is 78.2 Å². The van der Waals surface area contributed by atoms with Crippen molar-refractivity contribution in [1.82, 2.24) is 35.6 Å². The molecular formula is C56H93N7O11. The molecule has 0 spiro atoms. The fourth-order valence-electron chi connectivity index (χ4n) is 11.5. The third kappa shape index (κ3) is 18.3. The SMILES string of the molecule is CCC(C)C(C(CC(=O)N1CCCC1C(OC)C(C)C(=O)NC(Cc1ccccc1)C(=O)O)OC)N(C)C(O)CNC(=O)C(C(C)C)N(C)C(=O)CCCC(=O)N1CCC(C(=O)NC2CCCCCCCC2)CC1.